The van der Waals surface area contributed by atoms with Crippen molar-refractivity contribution in [1.82, 2.24) is 24.8 Å². The Labute approximate surface area is 201 Å². The monoisotopic (exact) mass is 513 g/mol. The van der Waals surface area contributed by atoms with Gasteiger partial charge in [-0.25, -0.2) is 9.99 Å². The van der Waals surface area contributed by atoms with Crippen LogP contribution in [0.1, 0.15) is 37.9 Å². The van der Waals surface area contributed by atoms with E-state index in [1.54, 1.807) is 0 Å². The molecule has 2 aromatic heterocycles. The second kappa shape index (κ2) is 9.00. The maximum Gasteiger partial charge on any atom is 0.242 e. The molecule has 0 bridgehead atoms. The summed E-state index contributed by atoms with van der Waals surface area (Å²) in [4.78, 5) is 23.0. The summed E-state index contributed by atoms with van der Waals surface area (Å²) in [5.41, 5.74) is 3.02. The number of nitrogens with one attached hydrogen (secondary N) is 1. The summed E-state index contributed by atoms with van der Waals surface area (Å²) < 4.78 is 8.36. The minimum absolute atomic E-state index is 0.0833. The highest BCUT2D eigenvalue weighted by Gasteiger charge is 2.36. The minimum Gasteiger partial charge on any atom is -0.379 e. The summed E-state index contributed by atoms with van der Waals surface area (Å²) in [6.07, 6.45) is 1.97. The highest BCUT2D eigenvalue weighted by atomic mass is 79.9. The molecule has 0 aliphatic carbocycles. The molecule has 1 N–H and O–H groups in total. The van der Waals surface area contributed by atoms with Crippen molar-refractivity contribution in [3.8, 4) is 0 Å². The standard InChI is InChI=1S/C23H28BrN7O2/c1-4-31(30-7-9-33-10-8-30)23-26-20(17-13-29(12-14(2)3)28-21(17)27-23)19-16-11-15(24)5-6-18(16)25-22(19)32/h5-6,11,13-14,19H,4,7-10,12H2,1-3H3,(H,25,32). The van der Waals surface area contributed by atoms with E-state index in [9.17, 15) is 4.79 Å². The Morgan fingerprint density at radius 2 is 2.06 bits per heavy atom. The molecule has 1 amide bonds. The van der Waals surface area contributed by atoms with E-state index in [1.165, 1.54) is 0 Å². The van der Waals surface area contributed by atoms with Crippen LogP contribution in [0, 0.1) is 5.92 Å². The van der Waals surface area contributed by atoms with Crippen LogP contribution in [0.4, 0.5) is 11.6 Å². The fourth-order valence-corrected chi connectivity index (χ4v) is 4.91. The number of hydrazine groups is 1. The predicted molar refractivity (Wildman–Crippen MR) is 130 cm³/mol. The Balaban J connectivity index is 1.67. The number of amides is 1. The number of carbonyl (C=O) groups excluding carboxylic acids is 1. The number of benzene rings is 1. The lowest BCUT2D eigenvalue weighted by molar-refractivity contribution is -0.116. The first-order valence-electron chi connectivity index (χ1n) is 11.4. The van der Waals surface area contributed by atoms with Crippen molar-refractivity contribution >= 4 is 44.5 Å². The number of fused-ring (bicyclic) bond motifs is 2. The Morgan fingerprint density at radius 1 is 1.27 bits per heavy atom. The Morgan fingerprint density at radius 3 is 2.79 bits per heavy atom. The molecular formula is C23H28BrN7O2. The van der Waals surface area contributed by atoms with Gasteiger partial charge in [0.05, 0.1) is 24.3 Å². The Bertz CT molecular complexity index is 1190. The van der Waals surface area contributed by atoms with Crippen LogP contribution in [0.2, 0.25) is 0 Å². The van der Waals surface area contributed by atoms with Crippen molar-refractivity contribution in [3.63, 3.8) is 0 Å². The molecule has 2 aliphatic heterocycles. The zero-order chi connectivity index (χ0) is 23.1. The smallest absolute Gasteiger partial charge is 0.242 e. The molecule has 1 fully saturated rings. The molecule has 0 saturated carbocycles. The molecule has 33 heavy (non-hydrogen) atoms. The molecule has 1 saturated heterocycles. The molecule has 4 heterocycles. The molecule has 1 atom stereocenters. The van der Waals surface area contributed by atoms with Crippen molar-refractivity contribution in [2.75, 3.05) is 43.2 Å². The molecule has 9 nitrogen and oxygen atoms in total. The summed E-state index contributed by atoms with van der Waals surface area (Å²) in [6, 6.07) is 5.84. The van der Waals surface area contributed by atoms with Gasteiger partial charge in [-0.2, -0.15) is 10.1 Å². The number of nitrogens with zero attached hydrogens (tertiary/aromatic N) is 6. The number of hydrogen-bond donors (Lipinski definition) is 1. The number of rotatable bonds is 6. The van der Waals surface area contributed by atoms with Crippen LogP contribution < -0.4 is 10.3 Å². The van der Waals surface area contributed by atoms with Gasteiger partial charge in [-0.15, -0.1) is 0 Å². The normalized spacial score (nSPS) is 18.7. The third-order valence-electron chi connectivity index (χ3n) is 5.97. The largest absolute Gasteiger partial charge is 0.379 e. The number of carbonyl (C=O) groups is 1. The van der Waals surface area contributed by atoms with Gasteiger partial charge < -0.3 is 10.1 Å². The zero-order valence-corrected chi connectivity index (χ0v) is 20.7. The zero-order valence-electron chi connectivity index (χ0n) is 19.1. The van der Waals surface area contributed by atoms with Crippen LogP contribution in [0.3, 0.4) is 0 Å². The minimum atomic E-state index is -0.526. The van der Waals surface area contributed by atoms with Crippen LogP contribution >= 0.6 is 15.9 Å². The molecule has 0 radical (unpaired) electrons. The SMILES string of the molecule is CCN(c1nc(C2C(=O)Nc3ccc(Br)cc32)c2cn(CC(C)C)nc2n1)N1CCOCC1. The number of ether oxygens (including phenoxy) is 1. The number of hydrogen-bond acceptors (Lipinski definition) is 7. The summed E-state index contributed by atoms with van der Waals surface area (Å²) in [7, 11) is 0. The van der Waals surface area contributed by atoms with E-state index in [2.05, 4.69) is 52.0 Å². The van der Waals surface area contributed by atoms with Crippen molar-refractivity contribution in [2.24, 2.45) is 5.92 Å². The van der Waals surface area contributed by atoms with Gasteiger partial charge in [0.1, 0.15) is 5.92 Å². The Kier molecular flexibility index (Phi) is 6.07. The lowest BCUT2D eigenvalue weighted by Gasteiger charge is -2.36. The van der Waals surface area contributed by atoms with Gasteiger partial charge in [-0.1, -0.05) is 29.8 Å². The first-order chi connectivity index (χ1) is 15.9. The molecule has 1 unspecified atom stereocenters. The molecule has 10 heteroatoms. The van der Waals surface area contributed by atoms with E-state index >= 15 is 0 Å². The molecule has 0 spiro atoms. The van der Waals surface area contributed by atoms with E-state index < -0.39 is 5.92 Å². The van der Waals surface area contributed by atoms with Gasteiger partial charge in [0.2, 0.25) is 11.9 Å². The van der Waals surface area contributed by atoms with Crippen LogP contribution in [-0.2, 0) is 16.1 Å². The number of aromatic nitrogens is 4. The van der Waals surface area contributed by atoms with Gasteiger partial charge in [0.15, 0.2) is 5.65 Å². The average molecular weight is 514 g/mol. The second-order valence-corrected chi connectivity index (χ2v) is 9.74. The highest BCUT2D eigenvalue weighted by Crippen LogP contribution is 2.40. The van der Waals surface area contributed by atoms with Crippen molar-refractivity contribution in [2.45, 2.75) is 33.2 Å². The summed E-state index contributed by atoms with van der Waals surface area (Å²) >= 11 is 3.55. The summed E-state index contributed by atoms with van der Waals surface area (Å²) in [5.74, 6) is 0.386. The van der Waals surface area contributed by atoms with Crippen LogP contribution in [0.15, 0.2) is 28.9 Å². The van der Waals surface area contributed by atoms with Gasteiger partial charge in [0.25, 0.3) is 0 Å². The molecule has 174 valence electrons. The maximum absolute atomic E-state index is 13.2. The summed E-state index contributed by atoms with van der Waals surface area (Å²) in [5, 5.41) is 12.9. The molecule has 2 aliphatic rings. The topological polar surface area (TPSA) is 88.4 Å². The van der Waals surface area contributed by atoms with Crippen LogP contribution in [0.25, 0.3) is 11.0 Å². The third kappa shape index (κ3) is 4.22. The third-order valence-corrected chi connectivity index (χ3v) is 6.47. The summed E-state index contributed by atoms with van der Waals surface area (Å²) in [6.45, 7) is 10.7. The predicted octanol–water partition coefficient (Wildman–Crippen LogP) is 3.40. The quantitative estimate of drug-likeness (QED) is 0.540. The molecular weight excluding hydrogens is 486 g/mol. The van der Waals surface area contributed by atoms with Crippen molar-refractivity contribution < 1.29 is 9.53 Å². The van der Waals surface area contributed by atoms with Gasteiger partial charge in [0, 0.05) is 42.5 Å². The van der Waals surface area contributed by atoms with E-state index in [0.29, 0.717) is 43.0 Å². The number of morpholine rings is 1. The van der Waals surface area contributed by atoms with Gasteiger partial charge in [-0.3, -0.25) is 14.5 Å². The molecule has 1 aromatic carbocycles. The first-order valence-corrected chi connectivity index (χ1v) is 12.2. The molecule has 3 aromatic rings. The number of halogens is 1. The fraction of sp³-hybridized carbons (Fsp3) is 0.478. The van der Waals surface area contributed by atoms with Gasteiger partial charge in [-0.05, 0) is 36.6 Å². The highest BCUT2D eigenvalue weighted by molar-refractivity contribution is 9.10. The van der Waals surface area contributed by atoms with Crippen LogP contribution in [-0.4, -0.2) is 63.5 Å². The second-order valence-electron chi connectivity index (χ2n) is 8.83. The van der Waals surface area contributed by atoms with E-state index in [0.717, 1.165) is 40.7 Å². The van der Waals surface area contributed by atoms with Crippen LogP contribution in [0.5, 0.6) is 0 Å². The maximum atomic E-state index is 13.2. The number of anilines is 2. The van der Waals surface area contributed by atoms with E-state index in [4.69, 9.17) is 19.8 Å². The lowest BCUT2D eigenvalue weighted by atomic mass is 9.95. The van der Waals surface area contributed by atoms with Crippen molar-refractivity contribution in [3.05, 3.63) is 40.1 Å². The van der Waals surface area contributed by atoms with Crippen molar-refractivity contribution in [1.29, 1.82) is 0 Å². The Hall–Kier alpha value is -2.56. The van der Waals surface area contributed by atoms with Gasteiger partial charge >= 0.3 is 0 Å². The van der Waals surface area contributed by atoms with E-state index in [1.807, 2.05) is 29.1 Å². The van der Waals surface area contributed by atoms with E-state index in [-0.39, 0.29) is 5.91 Å². The first kappa shape index (κ1) is 22.2. The molecule has 5 rings (SSSR count). The average Bonchev–Trinajstić information content (AvgIpc) is 3.33. The lowest BCUT2D eigenvalue weighted by Crippen LogP contribution is -2.49. The fourth-order valence-electron chi connectivity index (χ4n) is 4.53.